The van der Waals surface area contributed by atoms with Crippen molar-refractivity contribution < 1.29 is 0 Å². The van der Waals surface area contributed by atoms with Gasteiger partial charge in [-0.25, -0.2) is 0 Å². The molecule has 0 saturated heterocycles. The Balaban J connectivity index is 2.27. The van der Waals surface area contributed by atoms with E-state index in [1.165, 1.54) is 10.5 Å². The molecule has 0 bridgehead atoms. The van der Waals surface area contributed by atoms with E-state index in [2.05, 4.69) is 49.8 Å². The zero-order valence-corrected chi connectivity index (χ0v) is 11.2. The molecule has 1 aromatic rings. The van der Waals surface area contributed by atoms with Crippen molar-refractivity contribution in [2.75, 3.05) is 6.54 Å². The number of aryl methyl sites for hydroxylation is 1. The Morgan fingerprint density at radius 1 is 1.31 bits per heavy atom. The van der Waals surface area contributed by atoms with Gasteiger partial charge in [0, 0.05) is 17.5 Å². The van der Waals surface area contributed by atoms with Crippen molar-refractivity contribution in [1.29, 1.82) is 0 Å². The lowest BCUT2D eigenvalue weighted by Crippen LogP contribution is -2.36. The zero-order chi connectivity index (χ0) is 12.0. The van der Waals surface area contributed by atoms with Crippen molar-refractivity contribution in [3.05, 3.63) is 29.8 Å². The standard InChI is InChI=1S/C13H22N2S/c1-4-11(3)13(14)9-15-16-12-7-5-10(2)6-8-12/h5-8,11,13,15H,4,9,14H2,1-3H3/t11-,13+/m0/s1. The molecule has 2 nitrogen and oxygen atoms in total. The summed E-state index contributed by atoms with van der Waals surface area (Å²) in [4.78, 5) is 1.24. The van der Waals surface area contributed by atoms with Gasteiger partial charge in [-0.15, -0.1) is 0 Å². The summed E-state index contributed by atoms with van der Waals surface area (Å²) in [5.74, 6) is 0.575. The van der Waals surface area contributed by atoms with Crippen molar-refractivity contribution in [1.82, 2.24) is 4.72 Å². The summed E-state index contributed by atoms with van der Waals surface area (Å²) in [5, 5.41) is 0. The first-order valence-corrected chi connectivity index (χ1v) is 6.67. The summed E-state index contributed by atoms with van der Waals surface area (Å²) in [5.41, 5.74) is 7.33. The molecule has 0 heterocycles. The van der Waals surface area contributed by atoms with E-state index < -0.39 is 0 Å². The lowest BCUT2D eigenvalue weighted by atomic mass is 10.0. The van der Waals surface area contributed by atoms with Gasteiger partial charge >= 0.3 is 0 Å². The fourth-order valence-corrected chi connectivity index (χ4v) is 2.05. The summed E-state index contributed by atoms with van der Waals surface area (Å²) in [7, 11) is 0. The van der Waals surface area contributed by atoms with E-state index in [-0.39, 0.29) is 6.04 Å². The minimum Gasteiger partial charge on any atom is -0.326 e. The van der Waals surface area contributed by atoms with Gasteiger partial charge in [0.05, 0.1) is 0 Å². The molecule has 2 atom stereocenters. The Hall–Kier alpha value is -0.510. The monoisotopic (exact) mass is 238 g/mol. The predicted octanol–water partition coefficient (Wildman–Crippen LogP) is 2.97. The van der Waals surface area contributed by atoms with E-state index in [1.54, 1.807) is 11.9 Å². The number of hydrogen-bond donors (Lipinski definition) is 2. The van der Waals surface area contributed by atoms with Crippen molar-refractivity contribution >= 4 is 11.9 Å². The van der Waals surface area contributed by atoms with Crippen LogP contribution in [0.5, 0.6) is 0 Å². The number of nitrogens with two attached hydrogens (primary N) is 1. The molecule has 0 fully saturated rings. The molecule has 0 amide bonds. The van der Waals surface area contributed by atoms with Crippen LogP contribution in [0, 0.1) is 12.8 Å². The second kappa shape index (κ2) is 6.94. The van der Waals surface area contributed by atoms with Gasteiger partial charge in [-0.3, -0.25) is 4.72 Å². The lowest BCUT2D eigenvalue weighted by Gasteiger charge is -2.18. The summed E-state index contributed by atoms with van der Waals surface area (Å²) in [6, 6.07) is 8.74. The predicted molar refractivity (Wildman–Crippen MR) is 72.5 cm³/mol. The fourth-order valence-electron chi connectivity index (χ4n) is 1.33. The molecule has 0 spiro atoms. The minimum absolute atomic E-state index is 0.239. The Bertz CT molecular complexity index is 297. The van der Waals surface area contributed by atoms with Gasteiger partial charge in [0.25, 0.3) is 0 Å². The lowest BCUT2D eigenvalue weighted by molar-refractivity contribution is 0.442. The van der Waals surface area contributed by atoms with E-state index in [0.717, 1.165) is 13.0 Å². The highest BCUT2D eigenvalue weighted by molar-refractivity contribution is 7.97. The van der Waals surface area contributed by atoms with Gasteiger partial charge in [0.1, 0.15) is 0 Å². The average Bonchev–Trinajstić information content (AvgIpc) is 2.30. The van der Waals surface area contributed by atoms with Gasteiger partial charge in [-0.05, 0) is 36.9 Å². The number of benzene rings is 1. The maximum absolute atomic E-state index is 6.04. The summed E-state index contributed by atoms with van der Waals surface area (Å²) >= 11 is 1.66. The highest BCUT2D eigenvalue weighted by atomic mass is 32.2. The first-order valence-electron chi connectivity index (χ1n) is 5.85. The molecule has 90 valence electrons. The maximum Gasteiger partial charge on any atom is 0.0228 e. The van der Waals surface area contributed by atoms with Crippen LogP contribution in [-0.4, -0.2) is 12.6 Å². The van der Waals surface area contributed by atoms with Crippen LogP contribution < -0.4 is 10.5 Å². The second-order valence-corrected chi connectivity index (χ2v) is 5.28. The molecular weight excluding hydrogens is 216 g/mol. The zero-order valence-electron chi connectivity index (χ0n) is 10.4. The van der Waals surface area contributed by atoms with E-state index in [9.17, 15) is 0 Å². The quantitative estimate of drug-likeness (QED) is 0.748. The second-order valence-electron chi connectivity index (χ2n) is 4.31. The van der Waals surface area contributed by atoms with Crippen molar-refractivity contribution in [2.45, 2.75) is 38.1 Å². The SMILES string of the molecule is CC[C@H](C)[C@H](N)CNSc1ccc(C)cc1. The van der Waals surface area contributed by atoms with Crippen LogP contribution >= 0.6 is 11.9 Å². The topological polar surface area (TPSA) is 38.0 Å². The van der Waals surface area contributed by atoms with E-state index >= 15 is 0 Å². The van der Waals surface area contributed by atoms with Crippen molar-refractivity contribution in [2.24, 2.45) is 11.7 Å². The molecule has 0 saturated carbocycles. The Morgan fingerprint density at radius 2 is 1.94 bits per heavy atom. The van der Waals surface area contributed by atoms with Crippen LogP contribution in [0.15, 0.2) is 29.2 Å². The van der Waals surface area contributed by atoms with Crippen LogP contribution in [0.4, 0.5) is 0 Å². The largest absolute Gasteiger partial charge is 0.326 e. The number of nitrogens with one attached hydrogen (secondary N) is 1. The van der Waals surface area contributed by atoms with E-state index in [1.807, 2.05) is 0 Å². The van der Waals surface area contributed by atoms with Crippen LogP contribution in [0.1, 0.15) is 25.8 Å². The van der Waals surface area contributed by atoms with Crippen LogP contribution in [0.25, 0.3) is 0 Å². The molecule has 0 aliphatic carbocycles. The molecule has 1 rings (SSSR count). The molecule has 3 N–H and O–H groups in total. The normalized spacial score (nSPS) is 14.8. The van der Waals surface area contributed by atoms with Gasteiger partial charge < -0.3 is 5.73 Å². The van der Waals surface area contributed by atoms with Crippen LogP contribution in [0.3, 0.4) is 0 Å². The third-order valence-electron chi connectivity index (χ3n) is 2.90. The van der Waals surface area contributed by atoms with Gasteiger partial charge in [0.15, 0.2) is 0 Å². The fraction of sp³-hybridized carbons (Fsp3) is 0.538. The third kappa shape index (κ3) is 4.56. The Kier molecular flexibility index (Phi) is 5.88. The van der Waals surface area contributed by atoms with Crippen LogP contribution in [-0.2, 0) is 0 Å². The minimum atomic E-state index is 0.239. The van der Waals surface area contributed by atoms with Gasteiger partial charge in [-0.1, -0.05) is 38.0 Å². The maximum atomic E-state index is 6.04. The molecule has 16 heavy (non-hydrogen) atoms. The molecular formula is C13H22N2S. The smallest absolute Gasteiger partial charge is 0.0228 e. The third-order valence-corrected chi connectivity index (χ3v) is 3.72. The molecule has 0 radical (unpaired) electrons. The molecule has 3 heteroatoms. The first kappa shape index (κ1) is 13.6. The summed E-state index contributed by atoms with van der Waals surface area (Å²) in [6.07, 6.45) is 1.14. The highest BCUT2D eigenvalue weighted by Crippen LogP contribution is 2.15. The molecule has 0 unspecified atom stereocenters. The van der Waals surface area contributed by atoms with Gasteiger partial charge in [-0.2, -0.15) is 0 Å². The van der Waals surface area contributed by atoms with Gasteiger partial charge in [0.2, 0.25) is 0 Å². The number of hydrogen-bond acceptors (Lipinski definition) is 3. The summed E-state index contributed by atoms with van der Waals surface area (Å²) in [6.45, 7) is 7.33. The molecule has 0 aliphatic heterocycles. The first-order chi connectivity index (χ1) is 7.63. The van der Waals surface area contributed by atoms with E-state index in [4.69, 9.17) is 5.73 Å². The van der Waals surface area contributed by atoms with Crippen molar-refractivity contribution in [3.8, 4) is 0 Å². The Morgan fingerprint density at radius 3 is 2.50 bits per heavy atom. The molecule has 0 aliphatic rings. The van der Waals surface area contributed by atoms with Crippen molar-refractivity contribution in [3.63, 3.8) is 0 Å². The van der Waals surface area contributed by atoms with Crippen LogP contribution in [0.2, 0.25) is 0 Å². The van der Waals surface area contributed by atoms with E-state index in [0.29, 0.717) is 5.92 Å². The Labute approximate surface area is 103 Å². The number of rotatable bonds is 6. The molecule has 1 aromatic carbocycles. The summed E-state index contributed by atoms with van der Waals surface area (Å²) < 4.78 is 3.33. The molecule has 0 aromatic heterocycles. The highest BCUT2D eigenvalue weighted by Gasteiger charge is 2.09. The average molecular weight is 238 g/mol.